The Morgan fingerprint density at radius 3 is 2.41 bits per heavy atom. The van der Waals surface area contributed by atoms with Gasteiger partial charge in [0, 0.05) is 43.9 Å². The topological polar surface area (TPSA) is 303 Å². The molecule has 3 rings (SSSR count). The van der Waals surface area contributed by atoms with E-state index in [1.165, 1.54) is 18.3 Å². The van der Waals surface area contributed by atoms with Gasteiger partial charge in [-0.05, 0) is 31.4 Å². The number of likely N-dealkylation sites (tertiary alicyclic amines) is 1. The van der Waals surface area contributed by atoms with Crippen LogP contribution in [-0.4, -0.2) is 123 Å². The van der Waals surface area contributed by atoms with Crippen molar-refractivity contribution in [1.29, 1.82) is 5.26 Å². The molecule has 1 fully saturated rings. The molecule has 56 heavy (non-hydrogen) atoms. The maximum Gasteiger partial charge on any atom is 0.318 e. The molecule has 0 unspecified atom stereocenters. The van der Waals surface area contributed by atoms with E-state index in [0.29, 0.717) is 18.2 Å². The van der Waals surface area contributed by atoms with Crippen LogP contribution in [0.1, 0.15) is 55.3 Å². The molecule has 0 aliphatic carbocycles. The number of carboxylic acids is 2. The predicted octanol–water partition coefficient (Wildman–Crippen LogP) is -0.484. The molecule has 1 aromatic carbocycles. The zero-order valence-corrected chi connectivity index (χ0v) is 30.7. The summed E-state index contributed by atoms with van der Waals surface area (Å²) in [6.45, 7) is -1.78. The van der Waals surface area contributed by atoms with Gasteiger partial charge in [-0.2, -0.15) is 17.9 Å². The molecule has 1 aliphatic heterocycles. The molecule has 1 saturated heterocycles. The van der Waals surface area contributed by atoms with E-state index in [9.17, 15) is 47.1 Å². The average Bonchev–Trinajstić information content (AvgIpc) is 3.48. The molecule has 0 bridgehead atoms. The fourth-order valence-corrected chi connectivity index (χ4v) is 5.56. The highest BCUT2D eigenvalue weighted by Gasteiger charge is 2.47. The number of halogens is 2. The van der Waals surface area contributed by atoms with Gasteiger partial charge in [0.25, 0.3) is 11.8 Å². The van der Waals surface area contributed by atoms with Crippen molar-refractivity contribution < 1.29 is 57.4 Å². The number of thiol groups is 1. The third-order valence-corrected chi connectivity index (χ3v) is 8.78. The molecule has 0 spiro atoms. The predicted molar refractivity (Wildman–Crippen MR) is 195 cm³/mol. The molecule has 6 amide bonds. The van der Waals surface area contributed by atoms with E-state index in [1.807, 2.05) is 0 Å². The number of aliphatic carboxylic acids is 2. The monoisotopic (exact) mass is 805 g/mol. The number of nitriles is 1. The number of nitrogens with one attached hydrogen (secondary N) is 5. The van der Waals surface area contributed by atoms with E-state index >= 15 is 0 Å². The first-order valence-electron chi connectivity index (χ1n) is 17.2. The number of hydrogen-bond acceptors (Lipinski definition) is 12. The third kappa shape index (κ3) is 13.4. The fraction of sp³-hybridized carbons (Fsp3) is 0.471. The van der Waals surface area contributed by atoms with Crippen molar-refractivity contribution in [2.75, 3.05) is 31.5 Å². The normalized spacial score (nSPS) is 16.1. The van der Waals surface area contributed by atoms with Crippen LogP contribution in [0.4, 0.5) is 14.5 Å². The van der Waals surface area contributed by atoms with Gasteiger partial charge in [0.2, 0.25) is 29.5 Å². The summed E-state index contributed by atoms with van der Waals surface area (Å²) in [7, 11) is 0. The van der Waals surface area contributed by atoms with Crippen LogP contribution < -0.4 is 32.3 Å². The summed E-state index contributed by atoms with van der Waals surface area (Å²) in [6, 6.07) is 3.72. The number of pyridine rings is 1. The molecular formula is C34H41F2N9O10S. The molecule has 4 atom stereocenters. The minimum Gasteiger partial charge on any atom is -0.481 e. The quantitative estimate of drug-likeness (QED) is 0.0604. The highest BCUT2D eigenvalue weighted by atomic mass is 32.1. The van der Waals surface area contributed by atoms with Crippen LogP contribution in [0.2, 0.25) is 0 Å². The second-order valence-electron chi connectivity index (χ2n) is 12.7. The second kappa shape index (κ2) is 20.7. The lowest BCUT2D eigenvalue weighted by Crippen LogP contribution is -2.53. The van der Waals surface area contributed by atoms with E-state index in [0.717, 1.165) is 4.90 Å². The summed E-state index contributed by atoms with van der Waals surface area (Å²) >= 11 is 3.77. The number of benzene rings is 1. The Bertz CT molecular complexity index is 1880. The minimum atomic E-state index is -3.21. The van der Waals surface area contributed by atoms with Crippen molar-refractivity contribution in [2.24, 2.45) is 5.73 Å². The second-order valence-corrected chi connectivity index (χ2v) is 13.4. The number of carbonyl (C=O) groups is 8. The Morgan fingerprint density at radius 1 is 1.02 bits per heavy atom. The number of carbonyl (C=O) groups excluding carboxylic acids is 6. The number of para-hydroxylation sites is 1. The van der Waals surface area contributed by atoms with Crippen molar-refractivity contribution in [3.8, 4) is 6.07 Å². The maximum absolute atomic E-state index is 13.7. The number of aromatic nitrogens is 1. The van der Waals surface area contributed by atoms with Crippen molar-refractivity contribution in [3.05, 3.63) is 36.0 Å². The van der Waals surface area contributed by atoms with Crippen molar-refractivity contribution >= 4 is 76.6 Å². The number of hydrogen-bond donors (Lipinski definition) is 9. The van der Waals surface area contributed by atoms with E-state index in [-0.39, 0.29) is 42.6 Å². The van der Waals surface area contributed by atoms with Crippen LogP contribution >= 0.6 is 12.6 Å². The molecule has 2 heterocycles. The third-order valence-electron chi connectivity index (χ3n) is 8.38. The molecule has 0 radical (unpaired) electrons. The lowest BCUT2D eigenvalue weighted by atomic mass is 10.1. The number of nitrogens with two attached hydrogens (primary N) is 1. The van der Waals surface area contributed by atoms with E-state index in [1.54, 1.807) is 18.2 Å². The first-order chi connectivity index (χ1) is 26.4. The van der Waals surface area contributed by atoms with Crippen molar-refractivity contribution in [3.63, 3.8) is 0 Å². The number of alkyl halides is 2. The molecule has 302 valence electrons. The molecule has 22 heteroatoms. The summed E-state index contributed by atoms with van der Waals surface area (Å²) in [6.07, 6.45) is 0.194. The fourth-order valence-electron chi connectivity index (χ4n) is 5.47. The van der Waals surface area contributed by atoms with Gasteiger partial charge in [-0.15, -0.1) is 0 Å². The number of rotatable bonds is 20. The lowest BCUT2D eigenvalue weighted by Gasteiger charge is -2.20. The molecule has 19 nitrogen and oxygen atoms in total. The van der Waals surface area contributed by atoms with Crippen LogP contribution in [0.5, 0.6) is 0 Å². The number of anilines is 1. The van der Waals surface area contributed by atoms with Gasteiger partial charge in [0.1, 0.15) is 17.3 Å². The van der Waals surface area contributed by atoms with Gasteiger partial charge in [0.05, 0.1) is 48.4 Å². The number of amides is 6. The number of carboxylic acid groups (broad SMARTS) is 2. The maximum atomic E-state index is 13.7. The largest absolute Gasteiger partial charge is 0.481 e. The Labute approximate surface area is 323 Å². The van der Waals surface area contributed by atoms with Crippen LogP contribution in [0.15, 0.2) is 30.5 Å². The molecule has 1 aromatic heterocycles. The molecule has 9 N–H and O–H groups in total. The van der Waals surface area contributed by atoms with Gasteiger partial charge < -0.3 is 47.4 Å². The van der Waals surface area contributed by atoms with E-state index in [4.69, 9.17) is 21.2 Å². The van der Waals surface area contributed by atoms with Crippen LogP contribution in [0, 0.1) is 11.3 Å². The zero-order chi connectivity index (χ0) is 41.6. The summed E-state index contributed by atoms with van der Waals surface area (Å²) in [5.41, 5.74) is 6.42. The van der Waals surface area contributed by atoms with Crippen molar-refractivity contribution in [2.45, 2.75) is 74.2 Å². The Kier molecular flexibility index (Phi) is 16.4. The van der Waals surface area contributed by atoms with Gasteiger partial charge in [-0.3, -0.25) is 43.3 Å². The van der Waals surface area contributed by atoms with Gasteiger partial charge >= 0.3 is 11.9 Å². The first-order valence-corrected chi connectivity index (χ1v) is 17.7. The number of fused-ring (bicyclic) bond motifs is 1. The Balaban J connectivity index is 1.41. The summed E-state index contributed by atoms with van der Waals surface area (Å²) in [5.74, 6) is -10.2. The summed E-state index contributed by atoms with van der Waals surface area (Å²) < 4.78 is 27.5. The minimum absolute atomic E-state index is 0.0791. The van der Waals surface area contributed by atoms with E-state index in [2.05, 4.69) is 44.2 Å². The Hall–Kier alpha value is -5.95. The number of unbranched alkanes of at least 4 members (excludes halogenated alkanes) is 1. The lowest BCUT2D eigenvalue weighted by molar-refractivity contribution is -0.141. The van der Waals surface area contributed by atoms with Gasteiger partial charge in [-0.25, -0.2) is 8.78 Å². The van der Waals surface area contributed by atoms with E-state index < -0.39 is 109 Å². The van der Waals surface area contributed by atoms with Crippen LogP contribution in [0.3, 0.4) is 0 Å². The molecule has 1 aliphatic rings. The van der Waals surface area contributed by atoms with Crippen LogP contribution in [-0.2, 0) is 33.6 Å². The number of nitrogens with zero attached hydrogens (tertiary/aromatic N) is 3. The smallest absolute Gasteiger partial charge is 0.318 e. The zero-order valence-electron chi connectivity index (χ0n) is 29.8. The standard InChI is InChI=1S/C34H41F2N9O10S/c35-34(36)13-18(14-37)45(17-34)27(48)16-42-30(51)20-9-11-40-29-19(20)4-3-6-22(29)43-26(47)8-7-25(46)39-10-2-1-5-21(38)31(52)44-23(12-28(49)50)32(53)41-15-24(56)33(54)55/h3-4,6,9,11,18,21,23-24,56H,1-2,5,7-8,10,12-13,15-17,38H2,(H,39,46)(H,41,53)(H,42,51)(H,43,47)(H,44,52)(H,49,50)(H,54,55)/t18-,21+,23+,24-/m1/s1. The SMILES string of the molecule is N#C[C@H]1CC(F)(F)CN1C(=O)CNC(=O)c1ccnc2c(NC(=O)CCC(=O)NCCCC[C@H](N)C(=O)N[C@@H](CC(=O)O)C(=O)NC[C@@H](S)C(=O)O)cccc12. The Morgan fingerprint density at radius 2 is 1.73 bits per heavy atom. The summed E-state index contributed by atoms with van der Waals surface area (Å²) in [4.78, 5) is 102. The summed E-state index contributed by atoms with van der Waals surface area (Å²) in [5, 5.41) is 38.3. The highest BCUT2D eigenvalue weighted by molar-refractivity contribution is 7.81. The highest BCUT2D eigenvalue weighted by Crippen LogP contribution is 2.31. The molecule has 2 aromatic rings. The van der Waals surface area contributed by atoms with Crippen molar-refractivity contribution in [1.82, 2.24) is 31.2 Å². The first kappa shape index (κ1) is 44.4. The van der Waals surface area contributed by atoms with Gasteiger partial charge in [-0.1, -0.05) is 12.1 Å². The average molecular weight is 806 g/mol. The molecular weight excluding hydrogens is 764 g/mol. The molecule has 0 saturated carbocycles. The van der Waals surface area contributed by atoms with Crippen LogP contribution in [0.25, 0.3) is 10.9 Å². The van der Waals surface area contributed by atoms with Gasteiger partial charge in [0.15, 0.2) is 0 Å².